The minimum Gasteiger partial charge on any atom is -0.497 e. The Kier molecular flexibility index (Phi) is 4.90. The van der Waals surface area contributed by atoms with Crippen molar-refractivity contribution in [3.8, 4) is 5.75 Å². The molecule has 1 N–H and O–H groups in total. The van der Waals surface area contributed by atoms with Crippen LogP contribution in [0.4, 0.5) is 0 Å². The van der Waals surface area contributed by atoms with Crippen LogP contribution in [0.3, 0.4) is 0 Å². The van der Waals surface area contributed by atoms with E-state index in [2.05, 4.69) is 0 Å². The fraction of sp³-hybridized carbons (Fsp3) is 0.632. The van der Waals surface area contributed by atoms with Crippen LogP contribution < -0.4 is 4.74 Å². The smallest absolute Gasteiger partial charge is 0.222 e. The Balaban J connectivity index is 1.57. The normalized spacial score (nSPS) is 27.4. The SMILES string of the molecule is COc1cccc(CCC(=O)N2CCC[C@@]3(CCC[C@H]3O)C2)c1. The highest BCUT2D eigenvalue weighted by molar-refractivity contribution is 5.76. The van der Waals surface area contributed by atoms with Gasteiger partial charge in [-0.3, -0.25) is 4.79 Å². The van der Waals surface area contributed by atoms with Crippen LogP contribution in [0.2, 0.25) is 0 Å². The number of amides is 1. The molecule has 3 rings (SSSR count). The Hall–Kier alpha value is -1.55. The molecule has 1 aliphatic carbocycles. The Morgan fingerprint density at radius 3 is 2.96 bits per heavy atom. The Labute approximate surface area is 138 Å². The largest absolute Gasteiger partial charge is 0.497 e. The van der Waals surface area contributed by atoms with Gasteiger partial charge in [-0.25, -0.2) is 0 Å². The van der Waals surface area contributed by atoms with Crippen LogP contribution in [0.25, 0.3) is 0 Å². The standard InChI is InChI=1S/C19H27NO3/c1-23-16-6-2-5-15(13-16)8-9-18(22)20-12-4-11-19(14-20)10-3-7-17(19)21/h2,5-6,13,17,21H,3-4,7-12,14H2,1H3/t17-,19+/m1/s1. The van der Waals surface area contributed by atoms with Crippen molar-refractivity contribution < 1.29 is 14.6 Å². The van der Waals surface area contributed by atoms with E-state index in [1.807, 2.05) is 29.2 Å². The van der Waals surface area contributed by atoms with Gasteiger partial charge in [-0.2, -0.15) is 0 Å². The molecule has 0 bridgehead atoms. The van der Waals surface area contributed by atoms with Gasteiger partial charge in [-0.15, -0.1) is 0 Å². The van der Waals surface area contributed by atoms with Gasteiger partial charge in [0.25, 0.3) is 0 Å². The van der Waals surface area contributed by atoms with E-state index in [0.717, 1.165) is 62.9 Å². The molecule has 0 unspecified atom stereocenters. The predicted octanol–water partition coefficient (Wildman–Crippen LogP) is 2.78. The zero-order valence-electron chi connectivity index (χ0n) is 14.0. The van der Waals surface area contributed by atoms with Crippen molar-refractivity contribution in [1.82, 2.24) is 4.90 Å². The van der Waals surface area contributed by atoms with Crippen molar-refractivity contribution in [2.75, 3.05) is 20.2 Å². The topological polar surface area (TPSA) is 49.8 Å². The molecule has 4 nitrogen and oxygen atoms in total. The van der Waals surface area contributed by atoms with Crippen molar-refractivity contribution >= 4 is 5.91 Å². The average molecular weight is 317 g/mol. The molecular weight excluding hydrogens is 290 g/mol. The Bertz CT molecular complexity index is 559. The van der Waals surface area contributed by atoms with Gasteiger partial charge in [0.2, 0.25) is 5.91 Å². The van der Waals surface area contributed by atoms with Crippen LogP contribution >= 0.6 is 0 Å². The summed E-state index contributed by atoms with van der Waals surface area (Å²) in [7, 11) is 1.66. The number of methoxy groups -OCH3 is 1. The summed E-state index contributed by atoms with van der Waals surface area (Å²) in [4.78, 5) is 14.6. The molecule has 2 aliphatic rings. The molecule has 1 saturated heterocycles. The van der Waals surface area contributed by atoms with Crippen LogP contribution in [-0.2, 0) is 11.2 Å². The second kappa shape index (κ2) is 6.91. The summed E-state index contributed by atoms with van der Waals surface area (Å²) < 4.78 is 5.23. The van der Waals surface area contributed by atoms with Crippen LogP contribution in [0, 0.1) is 5.41 Å². The summed E-state index contributed by atoms with van der Waals surface area (Å²) in [5.41, 5.74) is 1.11. The molecule has 2 fully saturated rings. The maximum absolute atomic E-state index is 12.6. The Morgan fingerprint density at radius 2 is 2.22 bits per heavy atom. The second-order valence-electron chi connectivity index (χ2n) is 7.04. The molecule has 1 aliphatic heterocycles. The van der Waals surface area contributed by atoms with Crippen molar-refractivity contribution in [3.05, 3.63) is 29.8 Å². The number of nitrogens with zero attached hydrogens (tertiary/aromatic N) is 1. The lowest BCUT2D eigenvalue weighted by Gasteiger charge is -2.42. The van der Waals surface area contributed by atoms with E-state index in [-0.39, 0.29) is 17.4 Å². The molecule has 1 spiro atoms. The van der Waals surface area contributed by atoms with E-state index in [4.69, 9.17) is 4.74 Å². The summed E-state index contributed by atoms with van der Waals surface area (Å²) in [5, 5.41) is 10.3. The fourth-order valence-electron chi connectivity index (χ4n) is 4.21. The van der Waals surface area contributed by atoms with E-state index in [1.165, 1.54) is 0 Å². The van der Waals surface area contributed by atoms with Gasteiger partial charge in [0.15, 0.2) is 0 Å². The summed E-state index contributed by atoms with van der Waals surface area (Å²) in [6.07, 6.45) is 6.17. The number of aryl methyl sites for hydroxylation is 1. The monoisotopic (exact) mass is 317 g/mol. The van der Waals surface area contributed by atoms with E-state index in [0.29, 0.717) is 6.42 Å². The van der Waals surface area contributed by atoms with Gasteiger partial charge in [0, 0.05) is 24.9 Å². The number of aliphatic hydroxyl groups is 1. The highest BCUT2D eigenvalue weighted by atomic mass is 16.5. The molecule has 2 atom stereocenters. The number of piperidine rings is 1. The number of aliphatic hydroxyl groups excluding tert-OH is 1. The predicted molar refractivity (Wildman–Crippen MR) is 89.4 cm³/mol. The summed E-state index contributed by atoms with van der Waals surface area (Å²) >= 11 is 0. The first-order valence-electron chi connectivity index (χ1n) is 8.72. The summed E-state index contributed by atoms with van der Waals surface area (Å²) in [6.45, 7) is 1.58. The number of likely N-dealkylation sites (tertiary alicyclic amines) is 1. The lowest BCUT2D eigenvalue weighted by Crippen LogP contribution is -2.49. The van der Waals surface area contributed by atoms with Crippen LogP contribution in [-0.4, -0.2) is 42.2 Å². The van der Waals surface area contributed by atoms with E-state index in [1.54, 1.807) is 7.11 Å². The Morgan fingerprint density at radius 1 is 1.39 bits per heavy atom. The van der Waals surface area contributed by atoms with E-state index < -0.39 is 0 Å². The van der Waals surface area contributed by atoms with Crippen molar-refractivity contribution in [1.29, 1.82) is 0 Å². The minimum atomic E-state index is -0.225. The van der Waals surface area contributed by atoms with Crippen LogP contribution in [0.1, 0.15) is 44.1 Å². The first-order valence-corrected chi connectivity index (χ1v) is 8.72. The van der Waals surface area contributed by atoms with Gasteiger partial charge in [-0.1, -0.05) is 18.6 Å². The number of rotatable bonds is 4. The molecular formula is C19H27NO3. The second-order valence-corrected chi connectivity index (χ2v) is 7.04. The fourth-order valence-corrected chi connectivity index (χ4v) is 4.21. The number of hydrogen-bond donors (Lipinski definition) is 1. The highest BCUT2D eigenvalue weighted by Crippen LogP contribution is 2.45. The number of hydrogen-bond acceptors (Lipinski definition) is 3. The lowest BCUT2D eigenvalue weighted by atomic mass is 9.76. The molecule has 1 aromatic rings. The first-order chi connectivity index (χ1) is 11.1. The molecule has 23 heavy (non-hydrogen) atoms. The number of ether oxygens (including phenoxy) is 1. The maximum atomic E-state index is 12.6. The molecule has 1 saturated carbocycles. The number of carbonyl (C=O) groups is 1. The molecule has 1 heterocycles. The number of benzene rings is 1. The molecule has 126 valence electrons. The van der Waals surface area contributed by atoms with Gasteiger partial charge in [-0.05, 0) is 49.8 Å². The highest BCUT2D eigenvalue weighted by Gasteiger charge is 2.45. The number of carbonyl (C=O) groups excluding carboxylic acids is 1. The van der Waals surface area contributed by atoms with Crippen LogP contribution in [0.5, 0.6) is 5.75 Å². The quantitative estimate of drug-likeness (QED) is 0.929. The maximum Gasteiger partial charge on any atom is 0.222 e. The van der Waals surface area contributed by atoms with Crippen molar-refractivity contribution in [2.24, 2.45) is 5.41 Å². The third-order valence-electron chi connectivity index (χ3n) is 5.58. The molecule has 0 radical (unpaired) electrons. The third-order valence-corrected chi connectivity index (χ3v) is 5.58. The average Bonchev–Trinajstić information content (AvgIpc) is 2.93. The van der Waals surface area contributed by atoms with Crippen molar-refractivity contribution in [3.63, 3.8) is 0 Å². The third kappa shape index (κ3) is 3.52. The zero-order chi connectivity index (χ0) is 16.3. The summed E-state index contributed by atoms with van der Waals surface area (Å²) in [6, 6.07) is 7.91. The van der Waals surface area contributed by atoms with Gasteiger partial charge in [0.05, 0.1) is 13.2 Å². The zero-order valence-corrected chi connectivity index (χ0v) is 14.0. The van der Waals surface area contributed by atoms with E-state index >= 15 is 0 Å². The van der Waals surface area contributed by atoms with Gasteiger partial charge < -0.3 is 14.7 Å². The van der Waals surface area contributed by atoms with Crippen LogP contribution in [0.15, 0.2) is 24.3 Å². The lowest BCUT2D eigenvalue weighted by molar-refractivity contribution is -0.136. The van der Waals surface area contributed by atoms with Gasteiger partial charge >= 0.3 is 0 Å². The van der Waals surface area contributed by atoms with E-state index in [9.17, 15) is 9.90 Å². The minimum absolute atomic E-state index is 0.0239. The first kappa shape index (κ1) is 16.3. The molecule has 1 amide bonds. The molecule has 0 aromatic heterocycles. The molecule has 1 aromatic carbocycles. The summed E-state index contributed by atoms with van der Waals surface area (Å²) in [5.74, 6) is 1.05. The van der Waals surface area contributed by atoms with Gasteiger partial charge in [0.1, 0.15) is 5.75 Å². The molecule has 4 heteroatoms. The van der Waals surface area contributed by atoms with Crippen molar-refractivity contribution in [2.45, 2.75) is 51.0 Å².